The van der Waals surface area contributed by atoms with Gasteiger partial charge >= 0.3 is 11.0 Å². The molecule has 9 heteroatoms. The Morgan fingerprint density at radius 1 is 1.15 bits per heavy atom. The summed E-state index contributed by atoms with van der Waals surface area (Å²) >= 11 is 0.996. The molecular weight excluding hydrogens is 444 g/mol. The van der Waals surface area contributed by atoms with Gasteiger partial charge in [-0.1, -0.05) is 35.6 Å². The molecular formula is C24H26N2O6S. The molecule has 0 radical (unpaired) electrons. The van der Waals surface area contributed by atoms with Crippen molar-refractivity contribution in [3.63, 3.8) is 0 Å². The number of phenolic OH excluding ortho intramolecular Hbond substituents is 1. The number of nitrogens with one attached hydrogen (secondary N) is 1. The summed E-state index contributed by atoms with van der Waals surface area (Å²) in [6.07, 6.45) is 0.355. The molecule has 1 saturated heterocycles. The van der Waals surface area contributed by atoms with E-state index >= 15 is 0 Å². The summed E-state index contributed by atoms with van der Waals surface area (Å²) in [7, 11) is 0. The van der Waals surface area contributed by atoms with Crippen LogP contribution in [0.4, 0.5) is 4.79 Å². The molecule has 1 unspecified atom stereocenters. The highest BCUT2D eigenvalue weighted by molar-refractivity contribution is 7.09. The van der Waals surface area contributed by atoms with Crippen LogP contribution < -0.4 is 9.61 Å². The minimum atomic E-state index is -0.393. The van der Waals surface area contributed by atoms with Crippen molar-refractivity contribution in [1.82, 2.24) is 9.88 Å². The lowest BCUT2D eigenvalue weighted by Gasteiger charge is -2.15. The van der Waals surface area contributed by atoms with Crippen molar-refractivity contribution in [1.29, 1.82) is 0 Å². The first-order valence-corrected chi connectivity index (χ1v) is 11.5. The molecule has 3 aromatic rings. The topological polar surface area (TPSA) is 112 Å². The second-order valence-corrected chi connectivity index (χ2v) is 9.14. The van der Waals surface area contributed by atoms with Crippen LogP contribution >= 0.6 is 11.3 Å². The number of nitrogens with zero attached hydrogens (tertiary/aromatic N) is 1. The van der Waals surface area contributed by atoms with Gasteiger partial charge in [0.2, 0.25) is 5.88 Å². The van der Waals surface area contributed by atoms with Gasteiger partial charge in [0.25, 0.3) is 0 Å². The SMILES string of the molecule is Cc1ccc(C2CN(CCCOc3ccc(Cc4sc(=O)[nH]c4O)cc3)C(=O)O2)c(C)c1O. The lowest BCUT2D eigenvalue weighted by atomic mass is 9.99. The highest BCUT2D eigenvalue weighted by atomic mass is 32.1. The summed E-state index contributed by atoms with van der Waals surface area (Å²) in [6, 6.07) is 11.2. The minimum Gasteiger partial charge on any atom is -0.507 e. The fourth-order valence-corrected chi connectivity index (χ4v) is 4.62. The van der Waals surface area contributed by atoms with Crippen LogP contribution in [0.3, 0.4) is 0 Å². The van der Waals surface area contributed by atoms with E-state index in [1.165, 1.54) is 0 Å². The predicted molar refractivity (Wildman–Crippen MR) is 124 cm³/mol. The zero-order valence-electron chi connectivity index (χ0n) is 18.5. The van der Waals surface area contributed by atoms with Crippen LogP contribution in [-0.4, -0.2) is 45.9 Å². The number of hydrogen-bond donors (Lipinski definition) is 3. The van der Waals surface area contributed by atoms with E-state index in [-0.39, 0.29) is 22.6 Å². The van der Waals surface area contributed by atoms with Gasteiger partial charge in [-0.05, 0) is 49.1 Å². The Morgan fingerprint density at radius 3 is 2.61 bits per heavy atom. The zero-order chi connectivity index (χ0) is 23.5. The monoisotopic (exact) mass is 470 g/mol. The Hall–Kier alpha value is -3.46. The van der Waals surface area contributed by atoms with Gasteiger partial charge in [0, 0.05) is 18.5 Å². The summed E-state index contributed by atoms with van der Waals surface area (Å²) in [5.74, 6) is 0.863. The molecule has 1 aromatic heterocycles. The van der Waals surface area contributed by atoms with E-state index in [0.717, 1.165) is 33.6 Å². The molecule has 0 saturated carbocycles. The van der Waals surface area contributed by atoms with Gasteiger partial charge in [-0.2, -0.15) is 0 Å². The highest BCUT2D eigenvalue weighted by Gasteiger charge is 2.33. The third-order valence-electron chi connectivity index (χ3n) is 5.74. The van der Waals surface area contributed by atoms with E-state index in [0.29, 0.717) is 43.2 Å². The molecule has 1 aliphatic heterocycles. The molecule has 1 amide bonds. The molecule has 3 N–H and O–H groups in total. The number of amides is 1. The molecule has 1 atom stereocenters. The number of ether oxygens (including phenoxy) is 2. The molecule has 0 spiro atoms. The largest absolute Gasteiger partial charge is 0.507 e. The van der Waals surface area contributed by atoms with Crippen molar-refractivity contribution in [2.24, 2.45) is 0 Å². The van der Waals surface area contributed by atoms with Crippen LogP contribution in [0.15, 0.2) is 41.2 Å². The first-order valence-electron chi connectivity index (χ1n) is 10.7. The quantitative estimate of drug-likeness (QED) is 0.429. The summed E-state index contributed by atoms with van der Waals surface area (Å²) in [6.45, 7) is 5.06. The molecule has 1 aliphatic rings. The lowest BCUT2D eigenvalue weighted by molar-refractivity contribution is 0.132. The van der Waals surface area contributed by atoms with Gasteiger partial charge < -0.3 is 24.6 Å². The molecule has 4 rings (SSSR count). The van der Waals surface area contributed by atoms with Gasteiger partial charge in [0.15, 0.2) is 0 Å². The normalized spacial score (nSPS) is 15.6. The molecule has 1 fully saturated rings. The zero-order valence-corrected chi connectivity index (χ0v) is 19.3. The molecule has 0 bridgehead atoms. The number of cyclic esters (lactones) is 1. The molecule has 174 valence electrons. The van der Waals surface area contributed by atoms with Crippen molar-refractivity contribution in [2.75, 3.05) is 19.7 Å². The number of aromatic amines is 1. The fourth-order valence-electron chi connectivity index (χ4n) is 3.86. The van der Waals surface area contributed by atoms with Crippen LogP contribution in [0.1, 0.15) is 39.7 Å². The molecule has 2 heterocycles. The number of carbonyl (C=O) groups excluding carboxylic acids is 1. The molecule has 33 heavy (non-hydrogen) atoms. The summed E-state index contributed by atoms with van der Waals surface area (Å²) in [4.78, 5) is 27.9. The highest BCUT2D eigenvalue weighted by Crippen LogP contribution is 2.33. The van der Waals surface area contributed by atoms with E-state index in [1.54, 1.807) is 4.90 Å². The van der Waals surface area contributed by atoms with E-state index in [9.17, 15) is 19.8 Å². The molecule has 8 nitrogen and oxygen atoms in total. The maximum absolute atomic E-state index is 12.3. The lowest BCUT2D eigenvalue weighted by Crippen LogP contribution is -2.26. The van der Waals surface area contributed by atoms with Gasteiger partial charge in [-0.15, -0.1) is 0 Å². The Kier molecular flexibility index (Phi) is 6.60. The van der Waals surface area contributed by atoms with Gasteiger partial charge in [0.05, 0.1) is 18.0 Å². The molecule has 0 aliphatic carbocycles. The maximum atomic E-state index is 12.3. The van der Waals surface area contributed by atoms with E-state index < -0.39 is 6.10 Å². The molecule has 2 aromatic carbocycles. The third-order valence-corrected chi connectivity index (χ3v) is 6.61. The van der Waals surface area contributed by atoms with Gasteiger partial charge in [-0.3, -0.25) is 9.78 Å². The van der Waals surface area contributed by atoms with E-state index in [2.05, 4.69) is 4.98 Å². The second kappa shape index (κ2) is 9.58. The van der Waals surface area contributed by atoms with Crippen LogP contribution in [0.5, 0.6) is 17.4 Å². The third kappa shape index (κ3) is 5.14. The number of phenols is 1. The van der Waals surface area contributed by atoms with Crippen LogP contribution in [0.2, 0.25) is 0 Å². The fraction of sp³-hybridized carbons (Fsp3) is 0.333. The van der Waals surface area contributed by atoms with Crippen molar-refractivity contribution in [3.05, 3.63) is 73.2 Å². The van der Waals surface area contributed by atoms with Gasteiger partial charge in [0.1, 0.15) is 17.6 Å². The van der Waals surface area contributed by atoms with Crippen molar-refractivity contribution in [3.8, 4) is 17.4 Å². The van der Waals surface area contributed by atoms with Crippen LogP contribution in [0.25, 0.3) is 0 Å². The Morgan fingerprint density at radius 2 is 1.91 bits per heavy atom. The summed E-state index contributed by atoms with van der Waals surface area (Å²) in [5, 5.41) is 19.9. The number of aryl methyl sites for hydroxylation is 1. The number of benzene rings is 2. The number of carbonyl (C=O) groups is 1. The second-order valence-electron chi connectivity index (χ2n) is 8.07. The average molecular weight is 471 g/mol. The van der Waals surface area contributed by atoms with E-state index in [4.69, 9.17) is 9.47 Å². The average Bonchev–Trinajstić information content (AvgIpc) is 3.31. The van der Waals surface area contributed by atoms with Crippen molar-refractivity contribution < 1.29 is 24.5 Å². The van der Waals surface area contributed by atoms with Crippen LogP contribution in [0, 0.1) is 13.8 Å². The number of hydrogen-bond acceptors (Lipinski definition) is 7. The number of H-pyrrole nitrogens is 1. The summed E-state index contributed by atoms with van der Waals surface area (Å²) < 4.78 is 11.3. The van der Waals surface area contributed by atoms with Gasteiger partial charge in [-0.25, -0.2) is 4.79 Å². The minimum absolute atomic E-state index is 0.0812. The van der Waals surface area contributed by atoms with Crippen molar-refractivity contribution in [2.45, 2.75) is 32.8 Å². The van der Waals surface area contributed by atoms with Crippen LogP contribution in [-0.2, 0) is 11.2 Å². The predicted octanol–water partition coefficient (Wildman–Crippen LogP) is 4.02. The Bertz CT molecular complexity index is 1200. The maximum Gasteiger partial charge on any atom is 0.410 e. The van der Waals surface area contributed by atoms with Crippen molar-refractivity contribution >= 4 is 17.4 Å². The first kappa shape index (κ1) is 22.7. The summed E-state index contributed by atoms with van der Waals surface area (Å²) in [5.41, 5.74) is 3.31. The first-order chi connectivity index (χ1) is 15.8. The standard InChI is InChI=1S/C24H26N2O6S/c1-14-4-9-18(15(2)21(14)27)19-13-26(24(30)32-19)10-3-11-31-17-7-5-16(6-8-17)12-20-22(28)25-23(29)33-20/h4-9,19,27-28H,3,10-13H2,1-2H3,(H,25,29). The number of thiazole rings is 1. The number of aromatic hydroxyl groups is 2. The Balaban J connectivity index is 1.24. The van der Waals surface area contributed by atoms with E-state index in [1.807, 2.05) is 50.2 Å². The Labute approximate surface area is 195 Å². The number of aromatic nitrogens is 1. The smallest absolute Gasteiger partial charge is 0.410 e. The number of rotatable bonds is 8.